The average molecular weight is 256 g/mol. The first-order valence-electron chi connectivity index (χ1n) is 5.37. The zero-order valence-corrected chi connectivity index (χ0v) is 10.2. The molecule has 1 saturated heterocycles. The van der Waals surface area contributed by atoms with Gasteiger partial charge in [0, 0.05) is 20.2 Å². The zero-order valence-electron chi connectivity index (χ0n) is 9.44. The number of carbonyl (C=O) groups is 1. The molecule has 1 amide bonds. The summed E-state index contributed by atoms with van der Waals surface area (Å²) in [5, 5.41) is 6.34. The molecule has 92 valence electrons. The van der Waals surface area contributed by atoms with E-state index in [9.17, 15) is 4.79 Å². The molecule has 1 unspecified atom stereocenters. The number of carbonyl (C=O) groups excluding carboxylic acids is 1. The Morgan fingerprint density at radius 3 is 3.12 bits per heavy atom. The summed E-state index contributed by atoms with van der Waals surface area (Å²) in [5.74, 6) is -0.233. The Morgan fingerprint density at radius 1 is 1.59 bits per heavy atom. The monoisotopic (exact) mass is 255 g/mol. The van der Waals surface area contributed by atoms with Crippen LogP contribution in [0, 0.1) is 0 Å². The van der Waals surface area contributed by atoms with E-state index in [2.05, 4.69) is 15.6 Å². The number of halogens is 1. The van der Waals surface area contributed by atoms with Crippen LogP contribution in [0.15, 0.2) is 18.2 Å². The van der Waals surface area contributed by atoms with Gasteiger partial charge >= 0.3 is 0 Å². The Morgan fingerprint density at radius 2 is 2.41 bits per heavy atom. The number of aromatic nitrogens is 1. The summed E-state index contributed by atoms with van der Waals surface area (Å²) in [7, 11) is 1.63. The molecular weight excluding hydrogens is 242 g/mol. The summed E-state index contributed by atoms with van der Waals surface area (Å²) in [6.07, 6.45) is -0.00173. The molecule has 2 heterocycles. The van der Waals surface area contributed by atoms with E-state index >= 15 is 0 Å². The van der Waals surface area contributed by atoms with Crippen LogP contribution in [0.1, 0.15) is 10.5 Å². The van der Waals surface area contributed by atoms with Gasteiger partial charge < -0.3 is 15.4 Å². The van der Waals surface area contributed by atoms with E-state index < -0.39 is 0 Å². The molecule has 0 aliphatic carbocycles. The maximum absolute atomic E-state index is 11.9. The molecule has 0 bridgehead atoms. The van der Waals surface area contributed by atoms with Gasteiger partial charge in [-0.15, -0.1) is 0 Å². The lowest BCUT2D eigenvalue weighted by Gasteiger charge is -2.18. The topological polar surface area (TPSA) is 63.2 Å². The number of pyridine rings is 1. The Kier molecular flexibility index (Phi) is 3.93. The highest BCUT2D eigenvalue weighted by atomic mass is 35.5. The second-order valence-electron chi connectivity index (χ2n) is 3.86. The molecule has 0 saturated carbocycles. The highest BCUT2D eigenvalue weighted by Crippen LogP contribution is 2.07. The predicted molar refractivity (Wildman–Crippen MR) is 64.2 cm³/mol. The number of amides is 1. The van der Waals surface area contributed by atoms with E-state index in [0.717, 1.165) is 6.54 Å². The van der Waals surface area contributed by atoms with E-state index in [4.69, 9.17) is 16.3 Å². The quantitative estimate of drug-likeness (QED) is 0.770. The Hall–Kier alpha value is -1.17. The molecule has 17 heavy (non-hydrogen) atoms. The number of hydrogen-bond acceptors (Lipinski definition) is 4. The lowest BCUT2D eigenvalue weighted by molar-refractivity contribution is 0.0776. The molecule has 1 aromatic rings. The number of ether oxygens (including phenoxy) is 1. The SMILES string of the molecule is CO[C@H]1CNCC1NC(=O)c1cccc(Cl)n1. The molecule has 1 aliphatic heterocycles. The Labute approximate surface area is 105 Å². The fourth-order valence-corrected chi connectivity index (χ4v) is 1.99. The van der Waals surface area contributed by atoms with Gasteiger partial charge in [-0.2, -0.15) is 0 Å². The number of nitrogens with one attached hydrogen (secondary N) is 2. The standard InChI is InChI=1S/C11H14ClN3O2/c1-17-9-6-13-5-8(9)15-11(16)7-3-2-4-10(12)14-7/h2-4,8-9,13H,5-6H2,1H3,(H,15,16)/t8?,9-/m0/s1. The van der Waals surface area contributed by atoms with Crippen LogP contribution in [-0.4, -0.2) is 43.2 Å². The number of methoxy groups -OCH3 is 1. The van der Waals surface area contributed by atoms with Gasteiger partial charge in [-0.25, -0.2) is 4.98 Å². The van der Waals surface area contributed by atoms with Gasteiger partial charge in [-0.3, -0.25) is 4.79 Å². The maximum atomic E-state index is 11.9. The van der Waals surface area contributed by atoms with Crippen LogP contribution in [0.4, 0.5) is 0 Å². The first kappa shape index (κ1) is 12.3. The smallest absolute Gasteiger partial charge is 0.270 e. The van der Waals surface area contributed by atoms with Crippen molar-refractivity contribution < 1.29 is 9.53 Å². The third-order valence-corrected chi connectivity index (χ3v) is 2.94. The van der Waals surface area contributed by atoms with Crippen LogP contribution >= 0.6 is 11.6 Å². The van der Waals surface area contributed by atoms with Crippen molar-refractivity contribution in [3.05, 3.63) is 29.0 Å². The number of rotatable bonds is 3. The van der Waals surface area contributed by atoms with Gasteiger partial charge in [0.05, 0.1) is 12.1 Å². The van der Waals surface area contributed by atoms with Gasteiger partial charge in [-0.05, 0) is 12.1 Å². The molecule has 0 spiro atoms. The highest BCUT2D eigenvalue weighted by Gasteiger charge is 2.28. The van der Waals surface area contributed by atoms with Gasteiger partial charge in [-0.1, -0.05) is 17.7 Å². The average Bonchev–Trinajstić information content (AvgIpc) is 2.76. The molecular formula is C11H14ClN3O2. The van der Waals surface area contributed by atoms with E-state index in [0.29, 0.717) is 17.4 Å². The first-order valence-corrected chi connectivity index (χ1v) is 5.75. The van der Waals surface area contributed by atoms with Crippen LogP contribution in [0.3, 0.4) is 0 Å². The Balaban J connectivity index is 2.01. The molecule has 0 radical (unpaired) electrons. The summed E-state index contributed by atoms with van der Waals surface area (Å²) < 4.78 is 5.26. The van der Waals surface area contributed by atoms with E-state index in [-0.39, 0.29) is 18.1 Å². The molecule has 1 aromatic heterocycles. The summed E-state index contributed by atoms with van der Waals surface area (Å²) >= 11 is 5.73. The van der Waals surface area contributed by atoms with Crippen molar-refractivity contribution >= 4 is 17.5 Å². The van der Waals surface area contributed by atoms with Crippen molar-refractivity contribution in [3.8, 4) is 0 Å². The molecule has 1 aliphatic rings. The van der Waals surface area contributed by atoms with Gasteiger partial charge in [0.15, 0.2) is 0 Å². The van der Waals surface area contributed by atoms with Crippen LogP contribution < -0.4 is 10.6 Å². The minimum atomic E-state index is -0.233. The van der Waals surface area contributed by atoms with Crippen LogP contribution in [0.5, 0.6) is 0 Å². The molecule has 2 N–H and O–H groups in total. The van der Waals surface area contributed by atoms with Crippen LogP contribution in [-0.2, 0) is 4.74 Å². The van der Waals surface area contributed by atoms with Crippen LogP contribution in [0.2, 0.25) is 5.15 Å². The normalized spacial score (nSPS) is 23.6. The maximum Gasteiger partial charge on any atom is 0.270 e. The van der Waals surface area contributed by atoms with Crippen molar-refractivity contribution in [3.63, 3.8) is 0 Å². The van der Waals surface area contributed by atoms with Crippen molar-refractivity contribution in [1.29, 1.82) is 0 Å². The lowest BCUT2D eigenvalue weighted by Crippen LogP contribution is -2.43. The Bertz CT molecular complexity index is 413. The van der Waals surface area contributed by atoms with Crippen molar-refractivity contribution in [2.45, 2.75) is 12.1 Å². The summed E-state index contributed by atoms with van der Waals surface area (Å²) in [4.78, 5) is 15.9. The second kappa shape index (κ2) is 5.44. The molecule has 0 aromatic carbocycles. The van der Waals surface area contributed by atoms with Gasteiger partial charge in [0.1, 0.15) is 10.8 Å². The number of nitrogens with zero attached hydrogens (tertiary/aromatic N) is 1. The van der Waals surface area contributed by atoms with Gasteiger partial charge in [0.25, 0.3) is 5.91 Å². The van der Waals surface area contributed by atoms with Crippen molar-refractivity contribution in [2.24, 2.45) is 0 Å². The molecule has 6 heteroatoms. The molecule has 2 rings (SSSR count). The zero-order chi connectivity index (χ0) is 12.3. The minimum Gasteiger partial charge on any atom is -0.378 e. The largest absolute Gasteiger partial charge is 0.378 e. The summed E-state index contributed by atoms with van der Waals surface area (Å²) in [5.41, 5.74) is 0.319. The van der Waals surface area contributed by atoms with Crippen molar-refractivity contribution in [2.75, 3.05) is 20.2 Å². The van der Waals surface area contributed by atoms with E-state index in [1.54, 1.807) is 25.3 Å². The van der Waals surface area contributed by atoms with Crippen molar-refractivity contribution in [1.82, 2.24) is 15.6 Å². The lowest BCUT2D eigenvalue weighted by atomic mass is 10.2. The highest BCUT2D eigenvalue weighted by molar-refractivity contribution is 6.29. The fourth-order valence-electron chi connectivity index (χ4n) is 1.82. The molecule has 5 nitrogen and oxygen atoms in total. The number of hydrogen-bond donors (Lipinski definition) is 2. The fraction of sp³-hybridized carbons (Fsp3) is 0.455. The van der Waals surface area contributed by atoms with E-state index in [1.165, 1.54) is 0 Å². The predicted octanol–water partition coefficient (Wildman–Crippen LogP) is 0.452. The third kappa shape index (κ3) is 2.94. The van der Waals surface area contributed by atoms with E-state index in [1.807, 2.05) is 0 Å². The third-order valence-electron chi connectivity index (χ3n) is 2.73. The van der Waals surface area contributed by atoms with Gasteiger partial charge in [0.2, 0.25) is 0 Å². The van der Waals surface area contributed by atoms with Crippen LogP contribution in [0.25, 0.3) is 0 Å². The second-order valence-corrected chi connectivity index (χ2v) is 4.25. The summed E-state index contributed by atoms with van der Waals surface area (Å²) in [6, 6.07) is 4.93. The molecule has 2 atom stereocenters. The first-order chi connectivity index (χ1) is 8.20. The summed E-state index contributed by atoms with van der Waals surface area (Å²) in [6.45, 7) is 1.44. The minimum absolute atomic E-state index is 0.00173. The molecule has 1 fully saturated rings.